The van der Waals surface area contributed by atoms with Gasteiger partial charge < -0.3 is 8.85 Å². The number of hydrogen-bond donors (Lipinski definition) is 0. The van der Waals surface area contributed by atoms with Gasteiger partial charge in [-0.15, -0.1) is 0 Å². The minimum Gasteiger partial charge on any atom is -0.388 e. The Bertz CT molecular complexity index is 639. The van der Waals surface area contributed by atoms with Crippen molar-refractivity contribution in [1.29, 1.82) is 0 Å². The Balaban J connectivity index is 2.28. The van der Waals surface area contributed by atoms with Crippen molar-refractivity contribution < 1.29 is 8.85 Å². The molecule has 2 rings (SSSR count). The number of unbranched alkanes of at least 4 members (excludes halogenated alkanes) is 5. The first-order chi connectivity index (χ1) is 13.9. The Labute approximate surface area is 179 Å². The van der Waals surface area contributed by atoms with Gasteiger partial charge in [0.15, 0.2) is 0 Å². The van der Waals surface area contributed by atoms with E-state index in [4.69, 9.17) is 8.85 Å². The zero-order chi connectivity index (χ0) is 21.2. The highest BCUT2D eigenvalue weighted by molar-refractivity contribution is 6.92. The van der Waals surface area contributed by atoms with Gasteiger partial charge in [0.1, 0.15) is 0 Å². The van der Waals surface area contributed by atoms with Crippen molar-refractivity contribution in [3.8, 4) is 0 Å². The van der Waals surface area contributed by atoms with Crippen LogP contribution in [-0.4, -0.2) is 21.3 Å². The van der Waals surface area contributed by atoms with E-state index in [9.17, 15) is 0 Å². The summed E-state index contributed by atoms with van der Waals surface area (Å²) in [5.41, 5.74) is 0.0469. The van der Waals surface area contributed by atoms with E-state index >= 15 is 0 Å². The molecule has 0 aliphatic rings. The third kappa shape index (κ3) is 7.09. The zero-order valence-corrected chi connectivity index (χ0v) is 20.1. The van der Waals surface area contributed by atoms with Crippen LogP contribution in [0.1, 0.15) is 73.1 Å². The second kappa shape index (κ2) is 11.7. The van der Waals surface area contributed by atoms with Crippen molar-refractivity contribution in [2.75, 3.05) is 6.61 Å². The van der Waals surface area contributed by atoms with Gasteiger partial charge in [0, 0.05) is 12.7 Å². The maximum Gasteiger partial charge on any atom is 0.407 e. The van der Waals surface area contributed by atoms with Crippen LogP contribution in [-0.2, 0) is 8.85 Å². The first-order valence-electron chi connectivity index (χ1n) is 11.3. The van der Waals surface area contributed by atoms with Crippen molar-refractivity contribution in [3.63, 3.8) is 0 Å². The third-order valence-corrected chi connectivity index (χ3v) is 9.16. The second-order valence-electron chi connectivity index (χ2n) is 9.09. The Hall–Kier alpha value is -1.42. The summed E-state index contributed by atoms with van der Waals surface area (Å²) in [5, 5.41) is 2.38. The van der Waals surface area contributed by atoms with Gasteiger partial charge >= 0.3 is 8.56 Å². The van der Waals surface area contributed by atoms with E-state index < -0.39 is 8.56 Å². The first-order valence-corrected chi connectivity index (χ1v) is 13.1. The number of rotatable bonds is 12. The maximum atomic E-state index is 6.94. The van der Waals surface area contributed by atoms with Crippen LogP contribution in [0.25, 0.3) is 0 Å². The molecule has 0 aliphatic carbocycles. The molecule has 29 heavy (non-hydrogen) atoms. The van der Waals surface area contributed by atoms with Gasteiger partial charge in [0.05, 0.1) is 0 Å². The van der Waals surface area contributed by atoms with Crippen LogP contribution in [0.5, 0.6) is 0 Å². The highest BCUT2D eigenvalue weighted by atomic mass is 28.4. The van der Waals surface area contributed by atoms with Crippen LogP contribution < -0.4 is 10.4 Å². The molecule has 2 aromatic rings. The highest BCUT2D eigenvalue weighted by Crippen LogP contribution is 2.26. The summed E-state index contributed by atoms with van der Waals surface area (Å²) >= 11 is 0. The topological polar surface area (TPSA) is 18.5 Å². The van der Waals surface area contributed by atoms with Crippen LogP contribution in [0.2, 0.25) is 0 Å². The van der Waals surface area contributed by atoms with Crippen LogP contribution in [0, 0.1) is 5.41 Å². The van der Waals surface area contributed by atoms with Crippen LogP contribution in [0.3, 0.4) is 0 Å². The van der Waals surface area contributed by atoms with E-state index in [2.05, 4.69) is 95.3 Å². The van der Waals surface area contributed by atoms with Crippen LogP contribution in [0.15, 0.2) is 60.7 Å². The molecule has 0 N–H and O–H groups in total. The molecule has 0 aliphatic heterocycles. The van der Waals surface area contributed by atoms with E-state index in [1.807, 2.05) is 0 Å². The van der Waals surface area contributed by atoms with E-state index in [1.165, 1.54) is 42.5 Å². The average molecular weight is 413 g/mol. The summed E-state index contributed by atoms with van der Waals surface area (Å²) in [7, 11) is -2.80. The maximum absolute atomic E-state index is 6.94. The number of hydrogen-bond acceptors (Lipinski definition) is 2. The predicted octanol–water partition coefficient (Wildman–Crippen LogP) is 6.07. The Kier molecular flexibility index (Phi) is 9.61. The normalized spacial score (nSPS) is 13.4. The molecule has 0 fully saturated rings. The average Bonchev–Trinajstić information content (AvgIpc) is 2.72. The molecule has 0 saturated heterocycles. The molecule has 0 spiro atoms. The minimum atomic E-state index is -2.80. The monoisotopic (exact) mass is 412 g/mol. The van der Waals surface area contributed by atoms with Crippen molar-refractivity contribution in [1.82, 2.24) is 0 Å². The van der Waals surface area contributed by atoms with E-state index in [0.717, 1.165) is 13.0 Å². The minimum absolute atomic E-state index is 0.0469. The molecule has 2 aromatic carbocycles. The highest BCUT2D eigenvalue weighted by Gasteiger charge is 2.45. The van der Waals surface area contributed by atoms with E-state index in [0.29, 0.717) is 0 Å². The molecular formula is C26H40O2Si. The lowest BCUT2D eigenvalue weighted by Crippen LogP contribution is -2.65. The largest absolute Gasteiger partial charge is 0.407 e. The van der Waals surface area contributed by atoms with Gasteiger partial charge in [-0.3, -0.25) is 0 Å². The molecule has 0 radical (unpaired) electrons. The molecule has 0 saturated carbocycles. The molecule has 0 heterocycles. The lowest BCUT2D eigenvalue weighted by Gasteiger charge is -2.38. The molecule has 3 heteroatoms. The molecule has 1 unspecified atom stereocenters. The van der Waals surface area contributed by atoms with Crippen molar-refractivity contribution in [2.45, 2.75) is 79.2 Å². The van der Waals surface area contributed by atoms with Gasteiger partial charge in [0.2, 0.25) is 0 Å². The summed E-state index contributed by atoms with van der Waals surface area (Å²) in [6.45, 7) is 11.9. The smallest absolute Gasteiger partial charge is 0.388 e. The summed E-state index contributed by atoms with van der Waals surface area (Å²) in [4.78, 5) is 0. The molecule has 1 atom stereocenters. The van der Waals surface area contributed by atoms with Gasteiger partial charge in [0.25, 0.3) is 0 Å². The lowest BCUT2D eigenvalue weighted by atomic mass is 9.91. The molecular weight excluding hydrogens is 372 g/mol. The first kappa shape index (κ1) is 23.9. The number of benzene rings is 2. The second-order valence-corrected chi connectivity index (χ2v) is 12.0. The quantitative estimate of drug-likeness (QED) is 0.311. The van der Waals surface area contributed by atoms with Gasteiger partial charge in [-0.1, -0.05) is 120 Å². The van der Waals surface area contributed by atoms with Gasteiger partial charge in [-0.25, -0.2) is 0 Å². The predicted molar refractivity (Wildman–Crippen MR) is 127 cm³/mol. The van der Waals surface area contributed by atoms with Gasteiger partial charge in [-0.05, 0) is 29.1 Å². The third-order valence-electron chi connectivity index (χ3n) is 5.67. The Morgan fingerprint density at radius 2 is 1.24 bits per heavy atom. The fraction of sp³-hybridized carbons (Fsp3) is 0.538. The molecule has 0 amide bonds. The van der Waals surface area contributed by atoms with Crippen molar-refractivity contribution in [2.24, 2.45) is 5.41 Å². The molecule has 2 nitrogen and oxygen atoms in total. The van der Waals surface area contributed by atoms with Gasteiger partial charge in [-0.2, -0.15) is 0 Å². The Morgan fingerprint density at radius 1 is 0.759 bits per heavy atom. The Morgan fingerprint density at radius 3 is 1.72 bits per heavy atom. The molecule has 160 valence electrons. The standard InChI is InChI=1S/C26H40O2Si/c1-6-7-8-9-10-17-22-27-29(24-18-13-11-14-19-24,25-20-15-12-16-21-25)28-23(2)26(3,4)5/h11-16,18-21,23H,6-10,17,22H2,1-5H3. The van der Waals surface area contributed by atoms with Crippen LogP contribution in [0.4, 0.5) is 0 Å². The fourth-order valence-electron chi connectivity index (χ4n) is 3.34. The van der Waals surface area contributed by atoms with E-state index in [-0.39, 0.29) is 11.5 Å². The molecule has 0 aromatic heterocycles. The zero-order valence-electron chi connectivity index (χ0n) is 19.1. The van der Waals surface area contributed by atoms with Crippen molar-refractivity contribution >= 4 is 18.9 Å². The fourth-order valence-corrected chi connectivity index (χ4v) is 6.90. The van der Waals surface area contributed by atoms with Crippen molar-refractivity contribution in [3.05, 3.63) is 60.7 Å². The van der Waals surface area contributed by atoms with Crippen LogP contribution >= 0.6 is 0 Å². The summed E-state index contributed by atoms with van der Waals surface area (Å²) < 4.78 is 13.7. The summed E-state index contributed by atoms with van der Waals surface area (Å²) in [6.07, 6.45) is 7.63. The molecule has 0 bridgehead atoms. The SMILES string of the molecule is CCCCCCCCO[Si](OC(C)C(C)(C)C)(c1ccccc1)c1ccccc1. The van der Waals surface area contributed by atoms with E-state index in [1.54, 1.807) is 0 Å². The summed E-state index contributed by atoms with van der Waals surface area (Å²) in [6, 6.07) is 21.2. The lowest BCUT2D eigenvalue weighted by molar-refractivity contribution is 0.0637. The summed E-state index contributed by atoms with van der Waals surface area (Å²) in [5.74, 6) is 0.